The number of carbonyl (C=O) groups excluding carboxylic acids is 1. The van der Waals surface area contributed by atoms with Gasteiger partial charge in [-0.25, -0.2) is 4.98 Å². The van der Waals surface area contributed by atoms with Crippen LogP contribution in [0.25, 0.3) is 16.6 Å². The summed E-state index contributed by atoms with van der Waals surface area (Å²) in [6.07, 6.45) is 1.48. The van der Waals surface area contributed by atoms with Crippen molar-refractivity contribution in [3.63, 3.8) is 0 Å². The van der Waals surface area contributed by atoms with E-state index in [1.165, 1.54) is 6.26 Å². The summed E-state index contributed by atoms with van der Waals surface area (Å²) < 4.78 is 12.8. The third-order valence-electron chi connectivity index (χ3n) is 5.83. The van der Waals surface area contributed by atoms with E-state index in [2.05, 4.69) is 0 Å². The van der Waals surface area contributed by atoms with Crippen LogP contribution in [0, 0.1) is 0 Å². The molecule has 0 N–H and O–H groups in total. The number of hydrogen-bond acceptors (Lipinski definition) is 6. The van der Waals surface area contributed by atoms with Crippen LogP contribution in [0.5, 0.6) is 5.75 Å². The largest absolute Gasteiger partial charge is 0.492 e. The van der Waals surface area contributed by atoms with Crippen molar-refractivity contribution >= 4 is 16.8 Å². The lowest BCUT2D eigenvalue weighted by atomic mass is 10.1. The highest BCUT2D eigenvalue weighted by molar-refractivity contribution is 5.91. The van der Waals surface area contributed by atoms with Crippen molar-refractivity contribution in [1.29, 1.82) is 0 Å². The molecule has 8 nitrogen and oxygen atoms in total. The van der Waals surface area contributed by atoms with Gasteiger partial charge in [0.25, 0.3) is 11.5 Å². The van der Waals surface area contributed by atoms with E-state index < -0.39 is 6.04 Å². The number of hydrogen-bond donors (Lipinski definition) is 0. The Morgan fingerprint density at radius 2 is 1.80 bits per heavy atom. The van der Waals surface area contributed by atoms with Gasteiger partial charge in [0.1, 0.15) is 11.6 Å². The summed E-state index contributed by atoms with van der Waals surface area (Å²) in [5, 5.41) is 0.493. The SMILES string of the molecule is CCOc1ccccc1-n1c(C(C)N(CCN(C)C)C(=O)c2ccco2)nc2ccccc2c1=O. The first-order valence-electron chi connectivity index (χ1n) is 11.7. The summed E-state index contributed by atoms with van der Waals surface area (Å²) in [6, 6.07) is 17.4. The van der Waals surface area contributed by atoms with Gasteiger partial charge in [-0.2, -0.15) is 0 Å². The summed E-state index contributed by atoms with van der Waals surface area (Å²) in [6.45, 7) is 5.27. The Bertz CT molecular complexity index is 1360. The van der Waals surface area contributed by atoms with E-state index >= 15 is 0 Å². The van der Waals surface area contributed by atoms with Gasteiger partial charge in [-0.15, -0.1) is 0 Å². The summed E-state index contributed by atoms with van der Waals surface area (Å²) in [4.78, 5) is 35.9. The second-order valence-corrected chi connectivity index (χ2v) is 8.48. The van der Waals surface area contributed by atoms with Gasteiger partial charge in [0, 0.05) is 13.1 Å². The predicted octanol–water partition coefficient (Wildman–Crippen LogP) is 4.14. The van der Waals surface area contributed by atoms with E-state index in [4.69, 9.17) is 14.1 Å². The van der Waals surface area contributed by atoms with Crippen LogP contribution in [0.15, 0.2) is 76.1 Å². The topological polar surface area (TPSA) is 80.8 Å². The summed E-state index contributed by atoms with van der Waals surface area (Å²) >= 11 is 0. The zero-order chi connectivity index (χ0) is 24.9. The molecule has 2 heterocycles. The molecule has 0 aliphatic rings. The van der Waals surface area contributed by atoms with Crippen LogP contribution in [-0.2, 0) is 0 Å². The molecule has 0 fully saturated rings. The molecule has 0 spiro atoms. The minimum Gasteiger partial charge on any atom is -0.492 e. The molecular weight excluding hydrogens is 444 g/mol. The molecule has 0 saturated carbocycles. The van der Waals surface area contributed by atoms with Crippen molar-refractivity contribution in [2.24, 2.45) is 0 Å². The van der Waals surface area contributed by atoms with E-state index in [0.717, 1.165) is 0 Å². The molecule has 1 amide bonds. The van der Waals surface area contributed by atoms with Crippen LogP contribution in [0.1, 0.15) is 36.3 Å². The van der Waals surface area contributed by atoms with E-state index in [1.807, 2.05) is 75.3 Å². The predicted molar refractivity (Wildman–Crippen MR) is 135 cm³/mol. The van der Waals surface area contributed by atoms with Gasteiger partial charge in [-0.05, 0) is 64.3 Å². The number of para-hydroxylation sites is 3. The Kier molecular flexibility index (Phi) is 7.31. The quantitative estimate of drug-likeness (QED) is 0.363. The Hall–Kier alpha value is -3.91. The number of fused-ring (bicyclic) bond motifs is 1. The highest BCUT2D eigenvalue weighted by atomic mass is 16.5. The Morgan fingerprint density at radius 1 is 1.06 bits per heavy atom. The molecule has 0 bridgehead atoms. The van der Waals surface area contributed by atoms with Crippen LogP contribution in [0.2, 0.25) is 0 Å². The Labute approximate surface area is 204 Å². The lowest BCUT2D eigenvalue weighted by Crippen LogP contribution is -2.40. The molecule has 0 radical (unpaired) electrons. The van der Waals surface area contributed by atoms with Gasteiger partial charge in [0.05, 0.1) is 35.5 Å². The normalized spacial score (nSPS) is 12.1. The maximum Gasteiger partial charge on any atom is 0.290 e. The Balaban J connectivity index is 1.93. The van der Waals surface area contributed by atoms with Crippen LogP contribution < -0.4 is 10.3 Å². The standard InChI is InChI=1S/C27H30N4O4/c1-5-34-23-14-9-8-13-22(23)31-25(28-21-12-7-6-11-20(21)26(31)32)19(2)30(17-16-29(3)4)27(33)24-15-10-18-35-24/h6-15,18-19H,5,16-17H2,1-4H3. The lowest BCUT2D eigenvalue weighted by molar-refractivity contribution is 0.0634. The zero-order valence-electron chi connectivity index (χ0n) is 20.5. The molecule has 4 rings (SSSR count). The lowest BCUT2D eigenvalue weighted by Gasteiger charge is -2.31. The summed E-state index contributed by atoms with van der Waals surface area (Å²) in [5.74, 6) is 0.982. The molecule has 2 aromatic heterocycles. The van der Waals surface area contributed by atoms with Crippen molar-refractivity contribution in [3.8, 4) is 11.4 Å². The van der Waals surface area contributed by atoms with Gasteiger partial charge in [-0.1, -0.05) is 24.3 Å². The van der Waals surface area contributed by atoms with E-state index in [9.17, 15) is 9.59 Å². The van der Waals surface area contributed by atoms with Crippen molar-refractivity contribution in [3.05, 3.63) is 88.9 Å². The molecule has 1 atom stereocenters. The van der Waals surface area contributed by atoms with E-state index in [-0.39, 0.29) is 17.2 Å². The van der Waals surface area contributed by atoms with Crippen LogP contribution in [0.3, 0.4) is 0 Å². The molecule has 8 heteroatoms. The van der Waals surface area contributed by atoms with Gasteiger partial charge < -0.3 is 19.0 Å². The fourth-order valence-corrected chi connectivity index (χ4v) is 4.04. The van der Waals surface area contributed by atoms with E-state index in [1.54, 1.807) is 27.7 Å². The maximum absolute atomic E-state index is 13.8. The smallest absolute Gasteiger partial charge is 0.290 e. The number of ether oxygens (including phenoxy) is 1. The molecule has 182 valence electrons. The van der Waals surface area contributed by atoms with Crippen LogP contribution in [0.4, 0.5) is 0 Å². The molecule has 4 aromatic rings. The molecule has 0 aliphatic carbocycles. The number of amides is 1. The highest BCUT2D eigenvalue weighted by Gasteiger charge is 2.29. The number of aromatic nitrogens is 2. The number of likely N-dealkylation sites (N-methyl/N-ethyl adjacent to an activating group) is 1. The molecule has 35 heavy (non-hydrogen) atoms. The molecule has 2 aromatic carbocycles. The van der Waals surface area contributed by atoms with E-state index in [0.29, 0.717) is 47.9 Å². The van der Waals surface area contributed by atoms with Crippen LogP contribution in [-0.4, -0.2) is 59.0 Å². The highest BCUT2D eigenvalue weighted by Crippen LogP contribution is 2.28. The Morgan fingerprint density at radius 3 is 2.51 bits per heavy atom. The maximum atomic E-state index is 13.8. The molecule has 0 aliphatic heterocycles. The fraction of sp³-hybridized carbons (Fsp3) is 0.296. The monoisotopic (exact) mass is 474 g/mol. The summed E-state index contributed by atoms with van der Waals surface area (Å²) in [7, 11) is 3.89. The van der Waals surface area contributed by atoms with Crippen molar-refractivity contribution in [2.45, 2.75) is 19.9 Å². The first-order chi connectivity index (χ1) is 16.9. The number of benzene rings is 2. The number of furan rings is 1. The van der Waals surface area contributed by atoms with Crippen LogP contribution >= 0.6 is 0 Å². The molecular formula is C27H30N4O4. The average Bonchev–Trinajstić information content (AvgIpc) is 3.40. The number of rotatable bonds is 9. The van der Waals surface area contributed by atoms with Crippen molar-refractivity contribution < 1.29 is 13.9 Å². The molecule has 0 saturated heterocycles. The first-order valence-corrected chi connectivity index (χ1v) is 11.7. The van der Waals surface area contributed by atoms with Crippen molar-refractivity contribution in [1.82, 2.24) is 19.4 Å². The van der Waals surface area contributed by atoms with Gasteiger partial charge in [0.2, 0.25) is 0 Å². The number of carbonyl (C=O) groups is 1. The van der Waals surface area contributed by atoms with Gasteiger partial charge >= 0.3 is 0 Å². The van der Waals surface area contributed by atoms with Crippen molar-refractivity contribution in [2.75, 3.05) is 33.8 Å². The zero-order valence-corrected chi connectivity index (χ0v) is 20.5. The second-order valence-electron chi connectivity index (χ2n) is 8.48. The molecule has 1 unspecified atom stereocenters. The third-order valence-corrected chi connectivity index (χ3v) is 5.83. The average molecular weight is 475 g/mol. The minimum absolute atomic E-state index is 0.220. The minimum atomic E-state index is -0.542. The number of nitrogens with zero attached hydrogens (tertiary/aromatic N) is 4. The van der Waals surface area contributed by atoms with Gasteiger partial charge in [0.15, 0.2) is 5.76 Å². The first kappa shape index (κ1) is 24.2. The fourth-order valence-electron chi connectivity index (χ4n) is 4.04. The summed E-state index contributed by atoms with van der Waals surface area (Å²) in [5.41, 5.74) is 0.933. The van der Waals surface area contributed by atoms with Gasteiger partial charge in [-0.3, -0.25) is 14.2 Å². The second kappa shape index (κ2) is 10.6. The third kappa shape index (κ3) is 4.97.